The minimum absolute atomic E-state index is 0.221. The molecule has 1 amide bonds. The van der Waals surface area contributed by atoms with Crippen LogP contribution in [0.1, 0.15) is 17.2 Å². The lowest BCUT2D eigenvalue weighted by atomic mass is 10.0. The maximum Gasteiger partial charge on any atom is 0.244 e. The third kappa shape index (κ3) is 3.25. The molecule has 0 aliphatic carbocycles. The number of hydrogen-bond donors (Lipinski definition) is 1. The maximum absolute atomic E-state index is 13.2. The van der Waals surface area contributed by atoms with Crippen molar-refractivity contribution >= 4 is 15.9 Å². The van der Waals surface area contributed by atoms with Crippen molar-refractivity contribution in [1.82, 2.24) is 9.62 Å². The van der Waals surface area contributed by atoms with Gasteiger partial charge in [0.2, 0.25) is 15.9 Å². The minimum atomic E-state index is -3.80. The molecule has 1 heterocycles. The van der Waals surface area contributed by atoms with Gasteiger partial charge in [0.25, 0.3) is 0 Å². The topological polar surface area (TPSA) is 75.7 Å². The Morgan fingerprint density at radius 2 is 1.80 bits per heavy atom. The highest BCUT2D eigenvalue weighted by Crippen LogP contribution is 2.31. The van der Waals surface area contributed by atoms with Gasteiger partial charge < -0.3 is 10.1 Å². The van der Waals surface area contributed by atoms with E-state index in [-0.39, 0.29) is 23.9 Å². The van der Waals surface area contributed by atoms with Crippen molar-refractivity contribution in [3.63, 3.8) is 0 Å². The van der Waals surface area contributed by atoms with E-state index in [0.29, 0.717) is 16.9 Å². The summed E-state index contributed by atoms with van der Waals surface area (Å²) in [6, 6.07) is 12.8. The summed E-state index contributed by atoms with van der Waals surface area (Å²) in [5.41, 5.74) is 1.26. The van der Waals surface area contributed by atoms with Crippen LogP contribution in [0.15, 0.2) is 53.4 Å². The summed E-state index contributed by atoms with van der Waals surface area (Å²) in [5, 5.41) is 2.75. The normalized spacial score (nSPS) is 18.6. The van der Waals surface area contributed by atoms with Crippen molar-refractivity contribution < 1.29 is 17.9 Å². The first-order valence-corrected chi connectivity index (χ1v) is 9.38. The zero-order chi connectivity index (χ0) is 18.0. The molecule has 1 saturated heterocycles. The van der Waals surface area contributed by atoms with Crippen LogP contribution in [0.4, 0.5) is 0 Å². The summed E-state index contributed by atoms with van der Waals surface area (Å²) >= 11 is 0. The smallest absolute Gasteiger partial charge is 0.244 e. The van der Waals surface area contributed by atoms with Gasteiger partial charge in [-0.15, -0.1) is 0 Å². The van der Waals surface area contributed by atoms with Crippen molar-refractivity contribution in [2.75, 3.05) is 20.2 Å². The molecule has 25 heavy (non-hydrogen) atoms. The van der Waals surface area contributed by atoms with Crippen LogP contribution < -0.4 is 10.1 Å². The number of benzene rings is 2. The van der Waals surface area contributed by atoms with Gasteiger partial charge in [0.1, 0.15) is 11.8 Å². The van der Waals surface area contributed by atoms with E-state index in [1.165, 1.54) is 4.31 Å². The quantitative estimate of drug-likeness (QED) is 0.903. The highest BCUT2D eigenvalue weighted by Gasteiger charge is 2.39. The van der Waals surface area contributed by atoms with Crippen molar-refractivity contribution in [3.05, 3.63) is 59.7 Å². The zero-order valence-corrected chi connectivity index (χ0v) is 14.9. The average molecular weight is 360 g/mol. The Labute approximate surface area is 147 Å². The van der Waals surface area contributed by atoms with E-state index in [9.17, 15) is 13.2 Å². The number of nitrogens with zero attached hydrogens (tertiary/aromatic N) is 1. The van der Waals surface area contributed by atoms with E-state index in [4.69, 9.17) is 4.74 Å². The standard InChI is InChI=1S/C18H20N2O4S/c1-13-5-3-4-6-16(13)25(22,23)20-12-11-19-18(21)17(20)14-7-9-15(24-2)10-8-14/h3-10,17H,11-12H2,1-2H3,(H,19,21). The number of carbonyl (C=O) groups excluding carboxylic acids is 1. The summed E-state index contributed by atoms with van der Waals surface area (Å²) in [7, 11) is -2.24. The Morgan fingerprint density at radius 3 is 2.44 bits per heavy atom. The van der Waals surface area contributed by atoms with Gasteiger partial charge in [-0.3, -0.25) is 4.79 Å². The van der Waals surface area contributed by atoms with E-state index in [2.05, 4.69) is 5.32 Å². The van der Waals surface area contributed by atoms with Crippen LogP contribution >= 0.6 is 0 Å². The molecule has 3 rings (SSSR count). The minimum Gasteiger partial charge on any atom is -0.497 e. The lowest BCUT2D eigenvalue weighted by Gasteiger charge is -2.34. The molecule has 1 aliphatic heterocycles. The Kier molecular flexibility index (Phi) is 4.78. The Hall–Kier alpha value is -2.38. The lowest BCUT2D eigenvalue weighted by molar-refractivity contribution is -0.126. The molecule has 0 aromatic heterocycles. The third-order valence-corrected chi connectivity index (χ3v) is 6.30. The summed E-state index contributed by atoms with van der Waals surface area (Å²) in [4.78, 5) is 12.7. The Balaban J connectivity index is 2.05. The molecule has 0 spiro atoms. The molecule has 2 aromatic carbocycles. The molecule has 0 bridgehead atoms. The molecule has 1 atom stereocenters. The fourth-order valence-corrected chi connectivity index (χ4v) is 4.79. The Bertz CT molecular complexity index is 878. The number of sulfonamides is 1. The molecular weight excluding hydrogens is 340 g/mol. The van der Waals surface area contributed by atoms with Gasteiger partial charge in [-0.05, 0) is 36.2 Å². The van der Waals surface area contributed by atoms with Crippen molar-refractivity contribution in [2.45, 2.75) is 17.9 Å². The van der Waals surface area contributed by atoms with Crippen LogP contribution in [0.2, 0.25) is 0 Å². The molecule has 1 fully saturated rings. The summed E-state index contributed by atoms with van der Waals surface area (Å²) in [6.07, 6.45) is 0. The second-order valence-electron chi connectivity index (χ2n) is 5.85. The van der Waals surface area contributed by atoms with Crippen molar-refractivity contribution in [1.29, 1.82) is 0 Å². The predicted octanol–water partition coefficient (Wildman–Crippen LogP) is 1.87. The van der Waals surface area contributed by atoms with Crippen LogP contribution in [0.25, 0.3) is 0 Å². The fraction of sp³-hybridized carbons (Fsp3) is 0.278. The second-order valence-corrected chi connectivity index (χ2v) is 7.71. The number of piperazine rings is 1. The van der Waals surface area contributed by atoms with Crippen LogP contribution in [-0.2, 0) is 14.8 Å². The average Bonchev–Trinajstić information content (AvgIpc) is 2.62. The van der Waals surface area contributed by atoms with Gasteiger partial charge in [0, 0.05) is 13.1 Å². The number of carbonyl (C=O) groups is 1. The summed E-state index contributed by atoms with van der Waals surface area (Å²) in [6.45, 7) is 2.26. The molecule has 0 saturated carbocycles. The van der Waals surface area contributed by atoms with Gasteiger partial charge in [-0.25, -0.2) is 8.42 Å². The number of hydrogen-bond acceptors (Lipinski definition) is 4. The fourth-order valence-electron chi connectivity index (χ4n) is 2.98. The lowest BCUT2D eigenvalue weighted by Crippen LogP contribution is -2.52. The summed E-state index contributed by atoms with van der Waals surface area (Å²) < 4.78 is 32.8. The van der Waals surface area contributed by atoms with Gasteiger partial charge >= 0.3 is 0 Å². The van der Waals surface area contributed by atoms with E-state index >= 15 is 0 Å². The number of amides is 1. The molecular formula is C18H20N2O4S. The second kappa shape index (κ2) is 6.85. The van der Waals surface area contributed by atoms with Crippen LogP contribution in [-0.4, -0.2) is 38.8 Å². The molecule has 1 unspecified atom stereocenters. The molecule has 6 nitrogen and oxygen atoms in total. The monoisotopic (exact) mass is 360 g/mol. The van der Waals surface area contributed by atoms with Gasteiger partial charge in [0.15, 0.2) is 0 Å². The molecule has 132 valence electrons. The largest absolute Gasteiger partial charge is 0.497 e. The number of rotatable bonds is 4. The molecule has 0 radical (unpaired) electrons. The number of ether oxygens (including phenoxy) is 1. The Morgan fingerprint density at radius 1 is 1.12 bits per heavy atom. The number of nitrogens with one attached hydrogen (secondary N) is 1. The first-order valence-electron chi connectivity index (χ1n) is 7.94. The van der Waals surface area contributed by atoms with E-state index in [0.717, 1.165) is 0 Å². The van der Waals surface area contributed by atoms with E-state index in [1.54, 1.807) is 62.6 Å². The SMILES string of the molecule is COc1ccc(C2C(=O)NCCN2S(=O)(=O)c2ccccc2C)cc1. The van der Waals surface area contributed by atoms with Gasteiger partial charge in [0.05, 0.1) is 12.0 Å². The number of aryl methyl sites for hydroxylation is 1. The maximum atomic E-state index is 13.2. The molecule has 1 aliphatic rings. The first-order chi connectivity index (χ1) is 11.9. The van der Waals surface area contributed by atoms with E-state index < -0.39 is 16.1 Å². The third-order valence-electron chi connectivity index (χ3n) is 4.28. The highest BCUT2D eigenvalue weighted by molar-refractivity contribution is 7.89. The first kappa shape index (κ1) is 17.4. The van der Waals surface area contributed by atoms with E-state index in [1.807, 2.05) is 0 Å². The molecule has 1 N–H and O–H groups in total. The summed E-state index contributed by atoms with van der Waals surface area (Å²) in [5.74, 6) is 0.321. The number of methoxy groups -OCH3 is 1. The van der Waals surface area contributed by atoms with Crippen LogP contribution in [0.3, 0.4) is 0 Å². The zero-order valence-electron chi connectivity index (χ0n) is 14.1. The van der Waals surface area contributed by atoms with Crippen molar-refractivity contribution in [2.24, 2.45) is 0 Å². The van der Waals surface area contributed by atoms with Crippen LogP contribution in [0, 0.1) is 6.92 Å². The molecule has 2 aromatic rings. The highest BCUT2D eigenvalue weighted by atomic mass is 32.2. The van der Waals surface area contributed by atoms with Gasteiger partial charge in [-0.2, -0.15) is 4.31 Å². The van der Waals surface area contributed by atoms with Crippen LogP contribution in [0.5, 0.6) is 5.75 Å². The van der Waals surface area contributed by atoms with Gasteiger partial charge in [-0.1, -0.05) is 30.3 Å². The molecule has 7 heteroatoms. The van der Waals surface area contributed by atoms with Crippen molar-refractivity contribution in [3.8, 4) is 5.75 Å². The predicted molar refractivity (Wildman–Crippen MR) is 93.8 cm³/mol.